The molecule has 1 aliphatic carbocycles. The van der Waals surface area contributed by atoms with E-state index >= 15 is 0 Å². The Morgan fingerprint density at radius 1 is 1.05 bits per heavy atom. The Labute approximate surface area is 257 Å². The highest BCUT2D eigenvalue weighted by atomic mass is 32.2. The molecule has 1 saturated carbocycles. The molecule has 44 heavy (non-hydrogen) atoms. The van der Waals surface area contributed by atoms with Crippen LogP contribution in [0.3, 0.4) is 0 Å². The van der Waals surface area contributed by atoms with Crippen molar-refractivity contribution < 1.29 is 27.5 Å². The third-order valence-electron chi connectivity index (χ3n) is 8.84. The maximum atomic E-state index is 14.2. The van der Waals surface area contributed by atoms with Crippen molar-refractivity contribution in [2.75, 3.05) is 27.2 Å². The van der Waals surface area contributed by atoms with Crippen LogP contribution in [0.25, 0.3) is 28.4 Å². The molecule has 2 N–H and O–H groups in total. The van der Waals surface area contributed by atoms with Crippen molar-refractivity contribution in [2.45, 2.75) is 70.6 Å². The minimum atomic E-state index is -4.02. The van der Waals surface area contributed by atoms with Gasteiger partial charge in [0.15, 0.2) is 0 Å². The van der Waals surface area contributed by atoms with Gasteiger partial charge in [-0.2, -0.15) is 8.42 Å². The molecule has 234 valence electrons. The molecule has 3 aliphatic rings. The Morgan fingerprint density at radius 3 is 2.45 bits per heavy atom. The third kappa shape index (κ3) is 5.73. The van der Waals surface area contributed by atoms with Crippen molar-refractivity contribution in [3.8, 4) is 17.0 Å². The monoisotopic (exact) mass is 621 g/mol. The van der Waals surface area contributed by atoms with Gasteiger partial charge in [0.1, 0.15) is 17.1 Å². The van der Waals surface area contributed by atoms with Gasteiger partial charge in [-0.15, -0.1) is 0 Å². The number of benzene rings is 1. The first kappa shape index (κ1) is 30.3. The van der Waals surface area contributed by atoms with Gasteiger partial charge >= 0.3 is 10.2 Å². The van der Waals surface area contributed by atoms with Crippen LogP contribution in [-0.4, -0.2) is 74.1 Å². The zero-order valence-electron chi connectivity index (χ0n) is 25.6. The fourth-order valence-corrected chi connectivity index (χ4v) is 7.38. The van der Waals surface area contributed by atoms with Crippen molar-refractivity contribution in [3.63, 3.8) is 0 Å². The van der Waals surface area contributed by atoms with Gasteiger partial charge in [0.2, 0.25) is 0 Å². The Morgan fingerprint density at radius 2 is 1.77 bits per heavy atom. The number of aromatic nitrogens is 2. The molecule has 11 nitrogen and oxygen atoms in total. The quantitative estimate of drug-likeness (QED) is 0.426. The van der Waals surface area contributed by atoms with E-state index in [1.807, 2.05) is 58.4 Å². The fraction of sp³-hybridized carbons (Fsp3) is 0.469. The van der Waals surface area contributed by atoms with E-state index in [2.05, 4.69) is 4.72 Å². The molecular weight excluding hydrogens is 582 g/mol. The molecule has 2 atom stereocenters. The summed E-state index contributed by atoms with van der Waals surface area (Å²) < 4.78 is 41.8. The molecule has 1 aromatic carbocycles. The number of morpholine rings is 1. The highest BCUT2D eigenvalue weighted by molar-refractivity contribution is 7.88. The van der Waals surface area contributed by atoms with E-state index in [1.54, 1.807) is 13.2 Å². The number of fused-ring (bicyclic) bond motifs is 5. The minimum Gasteiger partial charge on any atom is -0.497 e. The van der Waals surface area contributed by atoms with Crippen LogP contribution in [0, 0.1) is 0 Å². The lowest BCUT2D eigenvalue weighted by Gasteiger charge is -2.35. The maximum Gasteiger partial charge on any atom is 0.301 e. The molecule has 2 aliphatic heterocycles. The molecule has 0 bridgehead atoms. The van der Waals surface area contributed by atoms with Gasteiger partial charge in [-0.1, -0.05) is 19.3 Å². The molecule has 0 radical (unpaired) electrons. The summed E-state index contributed by atoms with van der Waals surface area (Å²) in [7, 11) is -1.17. The molecule has 2 fully saturated rings. The number of hydrogen-bond acceptors (Lipinski definition) is 7. The summed E-state index contributed by atoms with van der Waals surface area (Å²) in [4.78, 5) is 33.8. The van der Waals surface area contributed by atoms with E-state index in [0.29, 0.717) is 30.1 Å². The summed E-state index contributed by atoms with van der Waals surface area (Å²) in [5, 5.41) is 0.906. The van der Waals surface area contributed by atoms with E-state index in [0.717, 1.165) is 53.5 Å². The van der Waals surface area contributed by atoms with Crippen LogP contribution in [0.15, 0.2) is 35.9 Å². The Hall–Kier alpha value is -3.74. The summed E-state index contributed by atoms with van der Waals surface area (Å²) in [6.45, 7) is 5.15. The summed E-state index contributed by atoms with van der Waals surface area (Å²) in [5.41, 5.74) is 5.06. The Kier molecular flexibility index (Phi) is 8.25. The first-order valence-corrected chi connectivity index (χ1v) is 16.7. The molecule has 1 saturated heterocycles. The van der Waals surface area contributed by atoms with Crippen LogP contribution < -0.4 is 14.2 Å². The number of nitrogens with zero attached hydrogens (tertiary/aromatic N) is 3. The van der Waals surface area contributed by atoms with Crippen molar-refractivity contribution in [2.24, 2.45) is 0 Å². The predicted octanol–water partition coefficient (Wildman–Crippen LogP) is 3.99. The third-order valence-corrected chi connectivity index (χ3v) is 9.83. The summed E-state index contributed by atoms with van der Waals surface area (Å²) in [5.74, 6) is 0.0513. The number of hydrogen-bond donors (Lipinski definition) is 2. The highest BCUT2D eigenvalue weighted by Gasteiger charge is 2.34. The highest BCUT2D eigenvalue weighted by Crippen LogP contribution is 2.46. The first-order valence-electron chi connectivity index (χ1n) is 15.2. The molecule has 2 aromatic heterocycles. The molecule has 4 heterocycles. The lowest BCUT2D eigenvalue weighted by molar-refractivity contribution is -0.139. The Balaban J connectivity index is 1.56. The summed E-state index contributed by atoms with van der Waals surface area (Å²) in [6, 6.07) is 9.35. The largest absolute Gasteiger partial charge is 0.497 e. The second-order valence-electron chi connectivity index (χ2n) is 12.0. The normalized spacial score (nSPS) is 20.8. The van der Waals surface area contributed by atoms with E-state index in [-0.39, 0.29) is 36.3 Å². The molecule has 6 rings (SSSR count). The summed E-state index contributed by atoms with van der Waals surface area (Å²) >= 11 is 0. The van der Waals surface area contributed by atoms with Gasteiger partial charge in [-0.25, -0.2) is 14.4 Å². The van der Waals surface area contributed by atoms with E-state index in [9.17, 15) is 18.0 Å². The van der Waals surface area contributed by atoms with Gasteiger partial charge in [0.25, 0.3) is 11.8 Å². The minimum absolute atomic E-state index is 0.0290. The number of carbonyl (C=O) groups is 2. The summed E-state index contributed by atoms with van der Waals surface area (Å²) in [6.07, 6.45) is 7.28. The molecule has 1 unspecified atom stereocenters. The number of pyridine rings is 1. The average Bonchev–Trinajstić information content (AvgIpc) is 3.22. The van der Waals surface area contributed by atoms with Crippen molar-refractivity contribution in [1.82, 2.24) is 23.9 Å². The van der Waals surface area contributed by atoms with E-state index < -0.39 is 16.1 Å². The van der Waals surface area contributed by atoms with Gasteiger partial charge < -0.3 is 18.9 Å². The number of methoxy groups -OCH3 is 1. The molecule has 2 amide bonds. The van der Waals surface area contributed by atoms with Crippen molar-refractivity contribution in [1.29, 1.82) is 0 Å². The maximum absolute atomic E-state index is 14.2. The average molecular weight is 622 g/mol. The lowest BCUT2D eigenvalue weighted by Crippen LogP contribution is -2.48. The molecule has 3 aromatic rings. The molecular formula is C32H39N5O6S. The zero-order valence-corrected chi connectivity index (χ0v) is 26.4. The van der Waals surface area contributed by atoms with Gasteiger partial charge in [0.05, 0.1) is 31.6 Å². The number of carbonyl (C=O) groups excluding carboxylic acids is 2. The standard InChI is InChI=1S/C32H39N5O6S/c1-19-16-36(17-20(2)43-19)32(39)23-14-22-15-24(42-4)10-11-25(22)29-28(21-8-6-5-7-9-21)26-12-13-27(34-30(26)37(29)18-23)31(38)35-44(40,41)33-3/h10-15,19-21,33H,5-9,16-18H2,1-4H3,(H,35,38)/t19-,20?/m0/s1. The van der Waals surface area contributed by atoms with Crippen molar-refractivity contribution >= 4 is 39.1 Å². The van der Waals surface area contributed by atoms with E-state index in [1.165, 1.54) is 13.5 Å². The number of ether oxygens (including phenoxy) is 2. The fourth-order valence-electron chi connectivity index (χ4n) is 6.93. The van der Waals surface area contributed by atoms with Crippen molar-refractivity contribution in [3.05, 3.63) is 52.7 Å². The number of rotatable bonds is 6. The van der Waals surface area contributed by atoms with Gasteiger partial charge in [-0.05, 0) is 80.1 Å². The molecule has 0 spiro atoms. The predicted molar refractivity (Wildman–Crippen MR) is 168 cm³/mol. The van der Waals surface area contributed by atoms with Crippen LogP contribution in [0.4, 0.5) is 0 Å². The van der Waals surface area contributed by atoms with Crippen LogP contribution >= 0.6 is 0 Å². The van der Waals surface area contributed by atoms with Gasteiger partial charge in [-0.3, -0.25) is 9.59 Å². The first-order chi connectivity index (χ1) is 21.1. The topological polar surface area (TPSA) is 132 Å². The SMILES string of the molecule is CNS(=O)(=O)NC(=O)c1ccc2c(C3CCCCC3)c3n(c2n1)CC(C(=O)N1CC(C)O[C@@H](C)C1)=Cc1cc(OC)ccc1-3. The zero-order chi connectivity index (χ0) is 31.2. The number of nitrogens with one attached hydrogen (secondary N) is 2. The lowest BCUT2D eigenvalue weighted by atomic mass is 9.81. The second-order valence-corrected chi connectivity index (χ2v) is 13.6. The van der Waals surface area contributed by atoms with Crippen LogP contribution in [0.1, 0.15) is 73.5 Å². The molecule has 12 heteroatoms. The Bertz CT molecular complexity index is 1750. The second kappa shape index (κ2) is 12.0. The van der Waals surface area contributed by atoms with Crippen LogP contribution in [0.2, 0.25) is 0 Å². The van der Waals surface area contributed by atoms with E-state index in [4.69, 9.17) is 14.5 Å². The van der Waals surface area contributed by atoms with Gasteiger partial charge in [0, 0.05) is 36.7 Å². The van der Waals surface area contributed by atoms with Crippen LogP contribution in [0.5, 0.6) is 5.75 Å². The van der Waals surface area contributed by atoms with Crippen LogP contribution in [-0.2, 0) is 26.3 Å². The smallest absolute Gasteiger partial charge is 0.301 e. The number of amides is 2.